The molecule has 0 aliphatic carbocycles. The summed E-state index contributed by atoms with van der Waals surface area (Å²) in [6.07, 6.45) is 1.98. The monoisotopic (exact) mass is 189 g/mol. The lowest BCUT2D eigenvalue weighted by molar-refractivity contribution is 1.33. The number of hydrogen-bond acceptors (Lipinski definition) is 0. The van der Waals surface area contributed by atoms with Crippen LogP contribution in [0, 0.1) is 0 Å². The third-order valence-electron chi connectivity index (χ3n) is 2.42. The fourth-order valence-electron chi connectivity index (χ4n) is 1.63. The van der Waals surface area contributed by atoms with Gasteiger partial charge >= 0.3 is 0 Å². The quantitative estimate of drug-likeness (QED) is 0.639. The summed E-state index contributed by atoms with van der Waals surface area (Å²) in [5.74, 6) is 0. The van der Waals surface area contributed by atoms with Crippen molar-refractivity contribution in [1.29, 1.82) is 0 Å². The Morgan fingerprint density at radius 2 is 1.85 bits per heavy atom. The zero-order valence-corrected chi connectivity index (χ0v) is 9.51. The normalized spacial score (nSPS) is 10.4. The molecule has 0 amide bonds. The van der Waals surface area contributed by atoms with Crippen LogP contribution < -0.4 is 5.19 Å². The summed E-state index contributed by atoms with van der Waals surface area (Å²) in [6.45, 7) is 8.44. The second kappa shape index (κ2) is 5.03. The van der Waals surface area contributed by atoms with E-state index in [0.29, 0.717) is 0 Å². The lowest BCUT2D eigenvalue weighted by atomic mass is 10.2. The minimum atomic E-state index is -0.314. The van der Waals surface area contributed by atoms with E-state index in [2.05, 4.69) is 44.7 Å². The van der Waals surface area contributed by atoms with Gasteiger partial charge in [0.2, 0.25) is 0 Å². The van der Waals surface area contributed by atoms with Gasteiger partial charge in [-0.05, 0) is 5.56 Å². The highest BCUT2D eigenvalue weighted by Gasteiger charge is 2.10. The third kappa shape index (κ3) is 2.31. The second-order valence-corrected chi connectivity index (χ2v) is 6.26. The van der Waals surface area contributed by atoms with E-state index in [9.17, 15) is 0 Å². The first-order chi connectivity index (χ1) is 6.33. The second-order valence-electron chi connectivity index (χ2n) is 3.10. The van der Waals surface area contributed by atoms with Crippen LogP contribution in [-0.4, -0.2) is 8.80 Å². The fourth-order valence-corrected chi connectivity index (χ4v) is 3.82. The first-order valence-electron chi connectivity index (χ1n) is 4.90. The van der Waals surface area contributed by atoms with Crippen LogP contribution in [0.4, 0.5) is 0 Å². The van der Waals surface area contributed by atoms with Gasteiger partial charge in [0.25, 0.3) is 0 Å². The van der Waals surface area contributed by atoms with Gasteiger partial charge in [0.1, 0.15) is 0 Å². The van der Waals surface area contributed by atoms with Crippen molar-refractivity contribution in [2.24, 2.45) is 0 Å². The van der Waals surface area contributed by atoms with Gasteiger partial charge in [0.05, 0.1) is 8.80 Å². The van der Waals surface area contributed by atoms with E-state index in [-0.39, 0.29) is 8.80 Å². The van der Waals surface area contributed by atoms with Crippen molar-refractivity contribution in [3.05, 3.63) is 36.4 Å². The van der Waals surface area contributed by atoms with E-state index in [1.807, 2.05) is 6.08 Å². The largest absolute Gasteiger partial charge is 0.0985 e. The van der Waals surface area contributed by atoms with Crippen LogP contribution >= 0.6 is 0 Å². The Kier molecular flexibility index (Phi) is 3.97. The molecule has 0 saturated carbocycles. The van der Waals surface area contributed by atoms with Gasteiger partial charge in [-0.3, -0.25) is 0 Å². The van der Waals surface area contributed by atoms with E-state index in [4.69, 9.17) is 0 Å². The smallest absolute Gasteiger partial charge is 0.0859 e. The molecule has 1 radical (unpaired) electrons. The summed E-state index contributed by atoms with van der Waals surface area (Å²) in [6, 6.07) is 11.3. The van der Waals surface area contributed by atoms with Crippen molar-refractivity contribution in [3.8, 4) is 0 Å². The minimum Gasteiger partial charge on any atom is -0.0985 e. The van der Waals surface area contributed by atoms with Crippen LogP contribution in [0.3, 0.4) is 0 Å². The number of benzene rings is 1. The minimum absolute atomic E-state index is 0.314. The van der Waals surface area contributed by atoms with Gasteiger partial charge in [-0.2, -0.15) is 0 Å². The standard InChI is InChI=1S/C12H17Si/c1-4-11-9-7-8-10-12(11)13(5-2)6-3/h4,7-10H,1,5-6H2,2-3H3. The van der Waals surface area contributed by atoms with E-state index in [0.717, 1.165) is 0 Å². The molecule has 0 atom stereocenters. The van der Waals surface area contributed by atoms with Crippen LogP contribution in [0.25, 0.3) is 6.08 Å². The SMILES string of the molecule is C=Cc1ccccc1[Si](CC)CC. The van der Waals surface area contributed by atoms with Gasteiger partial charge in [0.15, 0.2) is 0 Å². The maximum Gasteiger partial charge on any atom is 0.0859 e. The molecular formula is C12H17Si. The molecule has 1 aromatic carbocycles. The lowest BCUT2D eigenvalue weighted by Gasteiger charge is -2.13. The van der Waals surface area contributed by atoms with Gasteiger partial charge in [-0.25, -0.2) is 0 Å². The molecule has 0 heterocycles. The lowest BCUT2D eigenvalue weighted by Crippen LogP contribution is -2.30. The molecule has 69 valence electrons. The Morgan fingerprint density at radius 3 is 2.38 bits per heavy atom. The Balaban J connectivity index is 3.03. The molecule has 0 unspecified atom stereocenters. The van der Waals surface area contributed by atoms with Crippen LogP contribution in [0.15, 0.2) is 30.8 Å². The zero-order chi connectivity index (χ0) is 9.68. The van der Waals surface area contributed by atoms with Crippen LogP contribution in [0.2, 0.25) is 12.1 Å². The molecule has 1 rings (SSSR count). The molecular weight excluding hydrogens is 172 g/mol. The summed E-state index contributed by atoms with van der Waals surface area (Å²) in [4.78, 5) is 0. The molecule has 0 N–H and O–H groups in total. The Labute approximate surface area is 82.9 Å². The van der Waals surface area contributed by atoms with Crippen LogP contribution in [0.5, 0.6) is 0 Å². The maximum absolute atomic E-state index is 3.86. The van der Waals surface area contributed by atoms with E-state index in [1.165, 1.54) is 17.7 Å². The highest BCUT2D eigenvalue weighted by Crippen LogP contribution is 2.05. The van der Waals surface area contributed by atoms with Gasteiger partial charge in [-0.15, -0.1) is 0 Å². The average Bonchev–Trinajstić information content (AvgIpc) is 2.20. The van der Waals surface area contributed by atoms with Crippen LogP contribution in [0.1, 0.15) is 19.4 Å². The van der Waals surface area contributed by atoms with E-state index in [1.54, 1.807) is 5.19 Å². The Bertz CT molecular complexity index is 274. The summed E-state index contributed by atoms with van der Waals surface area (Å²) < 4.78 is 0. The highest BCUT2D eigenvalue weighted by atomic mass is 28.3. The molecule has 0 aliphatic rings. The molecule has 1 heteroatoms. The third-order valence-corrected chi connectivity index (χ3v) is 5.34. The average molecular weight is 189 g/mol. The first kappa shape index (κ1) is 10.3. The van der Waals surface area contributed by atoms with Crippen molar-refractivity contribution in [3.63, 3.8) is 0 Å². The molecule has 0 aliphatic heterocycles. The predicted octanol–water partition coefficient (Wildman–Crippen LogP) is 3.07. The zero-order valence-electron chi connectivity index (χ0n) is 8.51. The van der Waals surface area contributed by atoms with Gasteiger partial charge in [-0.1, -0.05) is 68.0 Å². The molecule has 0 fully saturated rings. The molecule has 0 aromatic heterocycles. The molecule has 0 bridgehead atoms. The molecule has 13 heavy (non-hydrogen) atoms. The molecule has 1 aromatic rings. The maximum atomic E-state index is 3.86. The van der Waals surface area contributed by atoms with E-state index < -0.39 is 0 Å². The number of hydrogen-bond donors (Lipinski definition) is 0. The Morgan fingerprint density at radius 1 is 1.23 bits per heavy atom. The first-order valence-corrected chi connectivity index (χ1v) is 6.81. The Hall–Kier alpha value is -0.823. The summed E-state index contributed by atoms with van der Waals surface area (Å²) in [5.41, 5.74) is 1.33. The van der Waals surface area contributed by atoms with Crippen LogP contribution in [-0.2, 0) is 0 Å². The van der Waals surface area contributed by atoms with Crippen molar-refractivity contribution in [1.82, 2.24) is 0 Å². The van der Waals surface area contributed by atoms with E-state index >= 15 is 0 Å². The molecule has 0 spiro atoms. The van der Waals surface area contributed by atoms with Gasteiger partial charge < -0.3 is 0 Å². The van der Waals surface area contributed by atoms with Crippen molar-refractivity contribution in [2.75, 3.05) is 0 Å². The molecule has 0 saturated heterocycles. The predicted molar refractivity (Wildman–Crippen MR) is 62.9 cm³/mol. The molecule has 0 nitrogen and oxygen atoms in total. The van der Waals surface area contributed by atoms with Gasteiger partial charge in [0, 0.05) is 0 Å². The summed E-state index contributed by atoms with van der Waals surface area (Å²) >= 11 is 0. The van der Waals surface area contributed by atoms with Crippen molar-refractivity contribution < 1.29 is 0 Å². The topological polar surface area (TPSA) is 0 Å². The van der Waals surface area contributed by atoms with Crippen molar-refractivity contribution >= 4 is 20.1 Å². The highest BCUT2D eigenvalue weighted by molar-refractivity contribution is 6.73. The summed E-state index contributed by atoms with van der Waals surface area (Å²) in [5, 5.41) is 1.55. The van der Waals surface area contributed by atoms with Crippen molar-refractivity contribution in [2.45, 2.75) is 25.9 Å². The number of rotatable bonds is 4. The fraction of sp³-hybridized carbons (Fsp3) is 0.333. The summed E-state index contributed by atoms with van der Waals surface area (Å²) in [7, 11) is -0.314.